The summed E-state index contributed by atoms with van der Waals surface area (Å²) in [6.07, 6.45) is 1.88. The summed E-state index contributed by atoms with van der Waals surface area (Å²) in [7, 11) is 0. The van der Waals surface area contributed by atoms with E-state index in [2.05, 4.69) is 15.6 Å². The molecule has 1 aromatic carbocycles. The van der Waals surface area contributed by atoms with Gasteiger partial charge in [0.2, 0.25) is 5.91 Å². The molecule has 130 valence electrons. The van der Waals surface area contributed by atoms with Crippen molar-refractivity contribution in [3.63, 3.8) is 0 Å². The molecule has 0 spiro atoms. The summed E-state index contributed by atoms with van der Waals surface area (Å²) >= 11 is 1.03. The fourth-order valence-electron chi connectivity index (χ4n) is 2.30. The topological polar surface area (TPSA) is 101 Å². The van der Waals surface area contributed by atoms with Gasteiger partial charge in [0.05, 0.1) is 18.0 Å². The number of thioether (sulfide) groups is 1. The zero-order chi connectivity index (χ0) is 17.6. The van der Waals surface area contributed by atoms with Gasteiger partial charge in [-0.15, -0.1) is 0 Å². The van der Waals surface area contributed by atoms with Crippen molar-refractivity contribution in [2.45, 2.75) is 11.7 Å². The van der Waals surface area contributed by atoms with Gasteiger partial charge >= 0.3 is 0 Å². The molecule has 0 radical (unpaired) electrons. The summed E-state index contributed by atoms with van der Waals surface area (Å²) in [5, 5.41) is 13.9. The molecule has 1 unspecified atom stereocenters. The Morgan fingerprint density at radius 2 is 2.00 bits per heavy atom. The predicted octanol–water partition coefficient (Wildman–Crippen LogP) is 2.17. The van der Waals surface area contributed by atoms with Gasteiger partial charge in [-0.3, -0.25) is 14.9 Å². The van der Waals surface area contributed by atoms with Crippen LogP contribution in [0.1, 0.15) is 5.56 Å². The molecule has 2 amide bonds. The van der Waals surface area contributed by atoms with Crippen molar-refractivity contribution in [3.8, 4) is 11.5 Å². The number of aromatic nitrogens is 1. The monoisotopic (exact) mass is 359 g/mol. The molecular weight excluding hydrogens is 342 g/mol. The zero-order valence-corrected chi connectivity index (χ0v) is 14.1. The van der Waals surface area contributed by atoms with Gasteiger partial charge in [0.1, 0.15) is 23.9 Å². The van der Waals surface area contributed by atoms with E-state index in [0.717, 1.165) is 23.1 Å². The number of carbonyl (C=O) groups excluding carboxylic acids is 2. The number of rotatable bonds is 7. The van der Waals surface area contributed by atoms with Crippen LogP contribution in [0.3, 0.4) is 0 Å². The molecule has 1 atom stereocenters. The van der Waals surface area contributed by atoms with Gasteiger partial charge in [0.25, 0.3) is 5.24 Å². The van der Waals surface area contributed by atoms with E-state index in [-0.39, 0.29) is 22.1 Å². The van der Waals surface area contributed by atoms with E-state index < -0.39 is 0 Å². The van der Waals surface area contributed by atoms with Gasteiger partial charge < -0.3 is 15.2 Å². The molecule has 7 nitrogen and oxygen atoms in total. The van der Waals surface area contributed by atoms with E-state index in [1.807, 2.05) is 24.3 Å². The maximum atomic E-state index is 11.6. The van der Waals surface area contributed by atoms with Crippen LogP contribution in [0.25, 0.3) is 0 Å². The van der Waals surface area contributed by atoms with Crippen molar-refractivity contribution in [3.05, 3.63) is 48.2 Å². The van der Waals surface area contributed by atoms with Crippen LogP contribution in [0.4, 0.5) is 10.6 Å². The van der Waals surface area contributed by atoms with Crippen LogP contribution in [0.15, 0.2) is 42.6 Å². The van der Waals surface area contributed by atoms with Gasteiger partial charge in [-0.05, 0) is 36.2 Å². The molecule has 2 aromatic rings. The number of nitrogens with one attached hydrogen (secondary N) is 2. The third-order valence-electron chi connectivity index (χ3n) is 3.54. The van der Waals surface area contributed by atoms with Gasteiger partial charge in [0, 0.05) is 0 Å². The van der Waals surface area contributed by atoms with E-state index in [9.17, 15) is 9.59 Å². The van der Waals surface area contributed by atoms with Crippen molar-refractivity contribution in [2.75, 3.05) is 18.5 Å². The second-order valence-electron chi connectivity index (χ2n) is 5.41. The second-order valence-corrected chi connectivity index (χ2v) is 6.58. The smallest absolute Gasteiger partial charge is 0.286 e. The van der Waals surface area contributed by atoms with Gasteiger partial charge in [-0.25, -0.2) is 4.98 Å². The first-order chi connectivity index (χ1) is 12.1. The Balaban J connectivity index is 1.42. The Morgan fingerprint density at radius 3 is 2.64 bits per heavy atom. The number of hydrogen-bond acceptors (Lipinski definition) is 7. The lowest BCUT2D eigenvalue weighted by atomic mass is 10.1. The lowest BCUT2D eigenvalue weighted by Gasteiger charge is -2.09. The van der Waals surface area contributed by atoms with E-state index >= 15 is 0 Å². The second kappa shape index (κ2) is 7.89. The molecule has 8 heteroatoms. The van der Waals surface area contributed by atoms with Gasteiger partial charge in [-0.1, -0.05) is 23.9 Å². The van der Waals surface area contributed by atoms with Crippen LogP contribution in [-0.2, 0) is 11.2 Å². The molecule has 2 heterocycles. The molecule has 25 heavy (non-hydrogen) atoms. The Hall–Kier alpha value is -2.74. The average Bonchev–Trinajstić information content (AvgIpc) is 2.92. The minimum absolute atomic E-state index is 0.125. The molecule has 1 saturated heterocycles. The van der Waals surface area contributed by atoms with Crippen molar-refractivity contribution in [1.82, 2.24) is 10.3 Å². The summed E-state index contributed by atoms with van der Waals surface area (Å²) in [6.45, 7) is 1.03. The summed E-state index contributed by atoms with van der Waals surface area (Å²) in [5.41, 5.74) is 0.973. The molecule has 3 N–H and O–H groups in total. The summed E-state index contributed by atoms with van der Waals surface area (Å²) in [6, 6.07) is 10.7. The summed E-state index contributed by atoms with van der Waals surface area (Å²) < 4.78 is 5.64. The predicted molar refractivity (Wildman–Crippen MR) is 95.0 cm³/mol. The highest BCUT2D eigenvalue weighted by atomic mass is 32.2. The number of ether oxygens (including phenoxy) is 1. The highest BCUT2D eigenvalue weighted by Crippen LogP contribution is 2.23. The SMILES string of the molecule is O=C1NC(=O)C(Cc2ccc(OCCNc3ccc(O)cn3)cc2)S1. The maximum absolute atomic E-state index is 11.6. The Labute approximate surface area is 148 Å². The van der Waals surface area contributed by atoms with Crippen molar-refractivity contribution in [1.29, 1.82) is 0 Å². The normalized spacial score (nSPS) is 16.6. The summed E-state index contributed by atoms with van der Waals surface area (Å²) in [4.78, 5) is 26.7. The van der Waals surface area contributed by atoms with Crippen LogP contribution >= 0.6 is 11.8 Å². The number of benzene rings is 1. The molecule has 1 aliphatic heterocycles. The quantitative estimate of drug-likeness (QED) is 0.651. The molecule has 1 aromatic heterocycles. The number of aromatic hydroxyl groups is 1. The molecular formula is C17H17N3O4S. The fourth-order valence-corrected chi connectivity index (χ4v) is 3.16. The number of carbonyl (C=O) groups is 2. The Kier molecular flexibility index (Phi) is 5.39. The first-order valence-corrected chi connectivity index (χ1v) is 8.60. The zero-order valence-electron chi connectivity index (χ0n) is 13.3. The molecule has 0 aliphatic carbocycles. The average molecular weight is 359 g/mol. The van der Waals surface area contributed by atoms with Crippen LogP contribution in [0, 0.1) is 0 Å². The third kappa shape index (κ3) is 4.87. The molecule has 3 rings (SSSR count). The number of pyridine rings is 1. The highest BCUT2D eigenvalue weighted by Gasteiger charge is 2.31. The Bertz CT molecular complexity index is 749. The van der Waals surface area contributed by atoms with Gasteiger partial charge in [-0.2, -0.15) is 0 Å². The van der Waals surface area contributed by atoms with E-state index in [0.29, 0.717) is 25.4 Å². The largest absolute Gasteiger partial charge is 0.506 e. The van der Waals surface area contributed by atoms with Gasteiger partial charge in [0.15, 0.2) is 0 Å². The Morgan fingerprint density at radius 1 is 1.20 bits per heavy atom. The highest BCUT2D eigenvalue weighted by molar-refractivity contribution is 8.15. The molecule has 0 saturated carbocycles. The lowest BCUT2D eigenvalue weighted by molar-refractivity contribution is -0.118. The molecule has 1 aliphatic rings. The number of amides is 2. The molecule has 1 fully saturated rings. The van der Waals surface area contributed by atoms with Crippen LogP contribution in [0.2, 0.25) is 0 Å². The van der Waals surface area contributed by atoms with E-state index in [1.165, 1.54) is 6.20 Å². The van der Waals surface area contributed by atoms with Crippen molar-refractivity contribution in [2.24, 2.45) is 0 Å². The first-order valence-electron chi connectivity index (χ1n) is 7.72. The number of hydrogen-bond donors (Lipinski definition) is 3. The minimum Gasteiger partial charge on any atom is -0.506 e. The van der Waals surface area contributed by atoms with Crippen LogP contribution < -0.4 is 15.4 Å². The molecule has 0 bridgehead atoms. The van der Waals surface area contributed by atoms with Crippen molar-refractivity contribution >= 4 is 28.7 Å². The number of anilines is 1. The number of nitrogens with zero attached hydrogens (tertiary/aromatic N) is 1. The standard InChI is InChI=1S/C17H17N3O4S/c21-12-3-6-15(19-10-12)18-7-8-24-13-4-1-11(2-5-13)9-14-16(22)20-17(23)25-14/h1-6,10,14,21H,7-9H2,(H,18,19)(H,20,22,23). The lowest BCUT2D eigenvalue weighted by Crippen LogP contribution is -2.25. The summed E-state index contributed by atoms with van der Waals surface area (Å²) in [5.74, 6) is 1.28. The van der Waals surface area contributed by atoms with E-state index in [4.69, 9.17) is 9.84 Å². The fraction of sp³-hybridized carbons (Fsp3) is 0.235. The van der Waals surface area contributed by atoms with Crippen LogP contribution in [-0.4, -0.2) is 39.6 Å². The minimum atomic E-state index is -0.360. The maximum Gasteiger partial charge on any atom is 0.286 e. The van der Waals surface area contributed by atoms with E-state index in [1.54, 1.807) is 12.1 Å². The van der Waals surface area contributed by atoms with Crippen molar-refractivity contribution < 1.29 is 19.4 Å². The van der Waals surface area contributed by atoms with Crippen LogP contribution in [0.5, 0.6) is 11.5 Å². The number of imide groups is 1. The third-order valence-corrected chi connectivity index (χ3v) is 4.52. The first kappa shape index (κ1) is 17.1.